The van der Waals surface area contributed by atoms with Crippen LogP contribution in [0.1, 0.15) is 48.6 Å². The van der Waals surface area contributed by atoms with Gasteiger partial charge in [-0.15, -0.1) is 0 Å². The highest BCUT2D eigenvalue weighted by Gasteiger charge is 2.26. The Bertz CT molecular complexity index is 773. The van der Waals surface area contributed by atoms with Gasteiger partial charge in [0, 0.05) is 48.7 Å². The molecule has 2 aromatic rings. The number of hydrogen-bond acceptors (Lipinski definition) is 5. The Morgan fingerprint density at radius 1 is 1.08 bits per heavy atom. The van der Waals surface area contributed by atoms with E-state index in [0.717, 1.165) is 50.4 Å². The van der Waals surface area contributed by atoms with Crippen LogP contribution in [0.2, 0.25) is 0 Å². The molecule has 2 fully saturated rings. The topological polar surface area (TPSA) is 63.9 Å². The summed E-state index contributed by atoms with van der Waals surface area (Å²) in [5.41, 5.74) is 2.00. The van der Waals surface area contributed by atoms with Crippen molar-refractivity contribution in [2.45, 2.75) is 51.6 Å². The molecule has 0 spiro atoms. The maximum Gasteiger partial charge on any atom is 0.256 e. The van der Waals surface area contributed by atoms with Crippen LogP contribution in [-0.2, 0) is 13.1 Å². The minimum absolute atomic E-state index is 0.0883. The molecule has 4 rings (SSSR count). The standard InChI is InChI=1S/C19H25N5O/c1-14-8-20-13-24(19(14)25)12-15-4-6-23(7-5-15)11-16-9-21-18(22-10-16)17-2-3-17/h8-10,13,15,17H,2-7,11-12H2,1H3. The van der Waals surface area contributed by atoms with Crippen molar-refractivity contribution in [2.24, 2.45) is 5.92 Å². The zero-order valence-electron chi connectivity index (χ0n) is 14.8. The number of piperidine rings is 1. The van der Waals surface area contributed by atoms with Crippen LogP contribution in [0, 0.1) is 12.8 Å². The molecule has 0 unspecified atom stereocenters. The highest BCUT2D eigenvalue weighted by atomic mass is 16.1. The molecule has 132 valence electrons. The summed E-state index contributed by atoms with van der Waals surface area (Å²) in [5, 5.41) is 0. The van der Waals surface area contributed by atoms with Crippen molar-refractivity contribution < 1.29 is 0 Å². The minimum Gasteiger partial charge on any atom is -0.299 e. The third-order valence-electron chi connectivity index (χ3n) is 5.31. The van der Waals surface area contributed by atoms with Crippen LogP contribution in [0.3, 0.4) is 0 Å². The molecule has 2 aliphatic rings. The van der Waals surface area contributed by atoms with E-state index < -0.39 is 0 Å². The molecule has 6 heteroatoms. The lowest BCUT2D eigenvalue weighted by Crippen LogP contribution is -2.36. The molecule has 1 saturated heterocycles. The summed E-state index contributed by atoms with van der Waals surface area (Å²) in [7, 11) is 0. The first-order chi connectivity index (χ1) is 12.2. The molecule has 1 aliphatic carbocycles. The molecule has 0 aromatic carbocycles. The van der Waals surface area contributed by atoms with Crippen molar-refractivity contribution in [3.63, 3.8) is 0 Å². The molecule has 1 aliphatic heterocycles. The number of hydrogen-bond donors (Lipinski definition) is 0. The second kappa shape index (κ2) is 7.04. The van der Waals surface area contributed by atoms with Gasteiger partial charge in [-0.3, -0.25) is 14.3 Å². The SMILES string of the molecule is Cc1cncn(CC2CCN(Cc3cnc(C4CC4)nc3)CC2)c1=O. The summed E-state index contributed by atoms with van der Waals surface area (Å²) in [6, 6.07) is 0. The van der Waals surface area contributed by atoms with Crippen molar-refractivity contribution in [2.75, 3.05) is 13.1 Å². The van der Waals surface area contributed by atoms with Gasteiger partial charge in [-0.05, 0) is 51.6 Å². The van der Waals surface area contributed by atoms with Crippen molar-refractivity contribution in [3.8, 4) is 0 Å². The first-order valence-corrected chi connectivity index (χ1v) is 9.23. The fourth-order valence-electron chi connectivity index (χ4n) is 3.55. The lowest BCUT2D eigenvalue weighted by atomic mass is 9.96. The van der Waals surface area contributed by atoms with Crippen LogP contribution in [0.4, 0.5) is 0 Å². The lowest BCUT2D eigenvalue weighted by Gasteiger charge is -2.32. The van der Waals surface area contributed by atoms with E-state index in [-0.39, 0.29) is 5.56 Å². The Morgan fingerprint density at radius 2 is 1.80 bits per heavy atom. The number of aryl methyl sites for hydroxylation is 1. The summed E-state index contributed by atoms with van der Waals surface area (Å²) in [5.74, 6) is 2.18. The van der Waals surface area contributed by atoms with Crippen molar-refractivity contribution >= 4 is 0 Å². The van der Waals surface area contributed by atoms with Gasteiger partial charge in [0.05, 0.1) is 6.33 Å². The van der Waals surface area contributed by atoms with Gasteiger partial charge in [-0.1, -0.05) is 0 Å². The van der Waals surface area contributed by atoms with Crippen molar-refractivity contribution in [3.05, 3.63) is 52.2 Å². The molecular weight excluding hydrogens is 314 g/mol. The van der Waals surface area contributed by atoms with Crippen molar-refractivity contribution in [1.29, 1.82) is 0 Å². The Morgan fingerprint density at radius 3 is 2.48 bits per heavy atom. The molecule has 0 radical (unpaired) electrons. The highest BCUT2D eigenvalue weighted by Crippen LogP contribution is 2.37. The highest BCUT2D eigenvalue weighted by molar-refractivity contribution is 5.10. The van der Waals surface area contributed by atoms with Gasteiger partial charge in [-0.2, -0.15) is 0 Å². The van der Waals surface area contributed by atoms with E-state index in [2.05, 4.69) is 19.9 Å². The Kier molecular flexibility index (Phi) is 4.61. The van der Waals surface area contributed by atoms with Gasteiger partial charge in [0.15, 0.2) is 0 Å². The second-order valence-corrected chi connectivity index (χ2v) is 7.48. The normalized spacial score (nSPS) is 19.2. The van der Waals surface area contributed by atoms with Crippen LogP contribution in [0.15, 0.2) is 29.7 Å². The Labute approximate surface area is 148 Å². The zero-order chi connectivity index (χ0) is 17.2. The van der Waals surface area contributed by atoms with E-state index in [1.807, 2.05) is 19.3 Å². The number of likely N-dealkylation sites (tertiary alicyclic amines) is 1. The maximum atomic E-state index is 12.1. The van der Waals surface area contributed by atoms with E-state index in [9.17, 15) is 4.79 Å². The predicted molar refractivity (Wildman–Crippen MR) is 95.2 cm³/mol. The van der Waals surface area contributed by atoms with Crippen LogP contribution < -0.4 is 5.56 Å². The maximum absolute atomic E-state index is 12.1. The molecule has 0 bridgehead atoms. The van der Waals surface area contributed by atoms with Gasteiger partial charge >= 0.3 is 0 Å². The first-order valence-electron chi connectivity index (χ1n) is 9.23. The molecule has 6 nitrogen and oxygen atoms in total. The van der Waals surface area contributed by atoms with Gasteiger partial charge in [0.25, 0.3) is 5.56 Å². The van der Waals surface area contributed by atoms with Crippen LogP contribution >= 0.6 is 0 Å². The number of aromatic nitrogens is 4. The second-order valence-electron chi connectivity index (χ2n) is 7.48. The van der Waals surface area contributed by atoms with Crippen LogP contribution in [-0.4, -0.2) is 37.5 Å². The molecular formula is C19H25N5O. The van der Waals surface area contributed by atoms with Crippen LogP contribution in [0.25, 0.3) is 0 Å². The van der Waals surface area contributed by atoms with Gasteiger partial charge in [0.1, 0.15) is 5.82 Å². The number of rotatable bonds is 5. The predicted octanol–water partition coefficient (Wildman–Crippen LogP) is 2.13. The van der Waals surface area contributed by atoms with Crippen LogP contribution in [0.5, 0.6) is 0 Å². The largest absolute Gasteiger partial charge is 0.299 e. The fourth-order valence-corrected chi connectivity index (χ4v) is 3.55. The summed E-state index contributed by atoms with van der Waals surface area (Å²) in [6.07, 6.45) is 12.0. The molecule has 0 amide bonds. The van der Waals surface area contributed by atoms with Gasteiger partial charge < -0.3 is 0 Å². The summed E-state index contributed by atoms with van der Waals surface area (Å²) in [4.78, 5) is 27.8. The molecule has 25 heavy (non-hydrogen) atoms. The smallest absolute Gasteiger partial charge is 0.256 e. The third kappa shape index (κ3) is 3.95. The summed E-state index contributed by atoms with van der Waals surface area (Å²) >= 11 is 0. The molecule has 2 aromatic heterocycles. The zero-order valence-corrected chi connectivity index (χ0v) is 14.8. The molecule has 0 N–H and O–H groups in total. The van der Waals surface area contributed by atoms with Gasteiger partial charge in [-0.25, -0.2) is 15.0 Å². The quantitative estimate of drug-likeness (QED) is 0.835. The van der Waals surface area contributed by atoms with E-state index in [1.165, 1.54) is 18.4 Å². The third-order valence-corrected chi connectivity index (χ3v) is 5.31. The minimum atomic E-state index is 0.0883. The molecule has 0 atom stereocenters. The molecule has 1 saturated carbocycles. The summed E-state index contributed by atoms with van der Waals surface area (Å²) < 4.78 is 1.76. The number of nitrogens with zero attached hydrogens (tertiary/aromatic N) is 5. The molecule has 3 heterocycles. The van der Waals surface area contributed by atoms with E-state index in [1.54, 1.807) is 17.1 Å². The van der Waals surface area contributed by atoms with E-state index in [4.69, 9.17) is 0 Å². The lowest BCUT2D eigenvalue weighted by molar-refractivity contribution is 0.166. The van der Waals surface area contributed by atoms with E-state index >= 15 is 0 Å². The Balaban J connectivity index is 1.29. The first kappa shape index (κ1) is 16.4. The summed E-state index contributed by atoms with van der Waals surface area (Å²) in [6.45, 7) is 5.64. The van der Waals surface area contributed by atoms with Crippen molar-refractivity contribution in [1.82, 2.24) is 24.4 Å². The van der Waals surface area contributed by atoms with E-state index in [0.29, 0.717) is 11.8 Å². The monoisotopic (exact) mass is 339 g/mol. The van der Waals surface area contributed by atoms with Gasteiger partial charge in [0.2, 0.25) is 0 Å². The average Bonchev–Trinajstić information content (AvgIpc) is 3.46. The Hall–Kier alpha value is -2.08. The average molecular weight is 339 g/mol. The fraction of sp³-hybridized carbons (Fsp3) is 0.579.